The van der Waals surface area contributed by atoms with E-state index < -0.39 is 0 Å². The fourth-order valence-electron chi connectivity index (χ4n) is 2.19. The normalized spacial score (nSPS) is 11.4. The van der Waals surface area contributed by atoms with E-state index in [1.54, 1.807) is 0 Å². The van der Waals surface area contributed by atoms with Crippen LogP contribution in [0.5, 0.6) is 0 Å². The minimum Gasteiger partial charge on any atom is -0.353 e. The molecule has 0 aliphatic carbocycles. The van der Waals surface area contributed by atoms with Gasteiger partial charge in [0.15, 0.2) is 5.82 Å². The van der Waals surface area contributed by atoms with Gasteiger partial charge in [0.05, 0.1) is 5.69 Å². The summed E-state index contributed by atoms with van der Waals surface area (Å²) in [6.45, 7) is 11.9. The van der Waals surface area contributed by atoms with Crippen LogP contribution in [0.2, 0.25) is 0 Å². The first-order valence-corrected chi connectivity index (χ1v) is 7.29. The smallest absolute Gasteiger partial charge is 0.156 e. The molecular weight excluding hydrogens is 250 g/mol. The van der Waals surface area contributed by atoms with E-state index in [1.165, 1.54) is 0 Å². The average Bonchev–Trinajstić information content (AvgIpc) is 2.37. The summed E-state index contributed by atoms with van der Waals surface area (Å²) < 4.78 is 0. The molecule has 0 aliphatic heterocycles. The molecule has 0 unspecified atom stereocenters. The third-order valence-electron chi connectivity index (χ3n) is 3.47. The summed E-state index contributed by atoms with van der Waals surface area (Å²) in [7, 11) is 4.17. The van der Waals surface area contributed by atoms with Crippen molar-refractivity contribution in [2.24, 2.45) is 11.7 Å². The zero-order valence-corrected chi connectivity index (χ0v) is 13.8. The summed E-state index contributed by atoms with van der Waals surface area (Å²) in [6.07, 6.45) is 0. The van der Waals surface area contributed by atoms with Crippen LogP contribution in [0.25, 0.3) is 0 Å². The average molecular weight is 279 g/mol. The molecule has 0 bridgehead atoms. The number of rotatable bonds is 7. The number of likely N-dealkylation sites (N-methyl/N-ethyl adjacent to an activating group) is 1. The van der Waals surface area contributed by atoms with Gasteiger partial charge in [-0.3, -0.25) is 0 Å². The van der Waals surface area contributed by atoms with Crippen molar-refractivity contribution in [2.75, 3.05) is 38.6 Å². The van der Waals surface area contributed by atoms with E-state index in [9.17, 15) is 0 Å². The molecular formula is C15H29N5. The van der Waals surface area contributed by atoms with Crippen LogP contribution in [0.3, 0.4) is 0 Å². The van der Waals surface area contributed by atoms with Gasteiger partial charge in [0.2, 0.25) is 0 Å². The lowest BCUT2D eigenvalue weighted by Gasteiger charge is -2.29. The van der Waals surface area contributed by atoms with Crippen LogP contribution in [0.1, 0.15) is 30.7 Å². The highest BCUT2D eigenvalue weighted by molar-refractivity contribution is 5.50. The lowest BCUT2D eigenvalue weighted by atomic mass is 10.1. The fourth-order valence-corrected chi connectivity index (χ4v) is 2.19. The summed E-state index contributed by atoms with van der Waals surface area (Å²) in [5, 5.41) is 8.70. The Bertz CT molecular complexity index is 429. The Morgan fingerprint density at radius 2 is 1.75 bits per heavy atom. The monoisotopic (exact) mass is 279 g/mol. The highest BCUT2D eigenvalue weighted by Crippen LogP contribution is 2.22. The topological polar surface area (TPSA) is 58.3 Å². The molecule has 0 aliphatic rings. The summed E-state index contributed by atoms with van der Waals surface area (Å²) >= 11 is 0. The first-order valence-electron chi connectivity index (χ1n) is 7.29. The largest absolute Gasteiger partial charge is 0.353 e. The van der Waals surface area contributed by atoms with Crippen molar-refractivity contribution in [3.8, 4) is 0 Å². The number of aryl methyl sites for hydroxylation is 1. The first-order chi connectivity index (χ1) is 9.36. The van der Waals surface area contributed by atoms with Gasteiger partial charge in [-0.1, -0.05) is 13.8 Å². The van der Waals surface area contributed by atoms with E-state index in [0.29, 0.717) is 12.5 Å². The van der Waals surface area contributed by atoms with Gasteiger partial charge in [0, 0.05) is 31.7 Å². The van der Waals surface area contributed by atoms with E-state index in [1.807, 2.05) is 6.92 Å². The molecule has 1 rings (SSSR count). The number of anilines is 1. The zero-order valence-electron chi connectivity index (χ0n) is 13.8. The van der Waals surface area contributed by atoms with Crippen molar-refractivity contribution < 1.29 is 0 Å². The molecule has 0 aromatic carbocycles. The molecule has 5 heteroatoms. The Morgan fingerprint density at radius 1 is 1.10 bits per heavy atom. The number of nitrogens with two attached hydrogens (primary N) is 1. The maximum atomic E-state index is 5.94. The van der Waals surface area contributed by atoms with Crippen LogP contribution in [0, 0.1) is 19.8 Å². The predicted octanol–water partition coefficient (Wildman–Crippen LogP) is 1.58. The van der Waals surface area contributed by atoms with Crippen LogP contribution in [-0.2, 0) is 6.54 Å². The Morgan fingerprint density at radius 3 is 2.25 bits per heavy atom. The van der Waals surface area contributed by atoms with Crippen molar-refractivity contribution in [1.29, 1.82) is 0 Å². The molecule has 0 radical (unpaired) electrons. The molecule has 1 aromatic heterocycles. The second-order valence-electron chi connectivity index (χ2n) is 6.06. The first kappa shape index (κ1) is 16.9. The summed E-state index contributed by atoms with van der Waals surface area (Å²) in [4.78, 5) is 4.50. The van der Waals surface area contributed by atoms with E-state index in [-0.39, 0.29) is 0 Å². The highest BCUT2D eigenvalue weighted by atomic mass is 15.3. The van der Waals surface area contributed by atoms with Gasteiger partial charge in [0.25, 0.3) is 0 Å². The second kappa shape index (κ2) is 7.55. The molecule has 0 fully saturated rings. The SMILES string of the molecule is Cc1nnc(N(CCN(C)C)CC(C)C)c(CN)c1C. The number of aromatic nitrogens is 2. The van der Waals surface area contributed by atoms with Crippen molar-refractivity contribution in [3.05, 3.63) is 16.8 Å². The number of hydrogen-bond acceptors (Lipinski definition) is 5. The Balaban J connectivity index is 3.09. The summed E-state index contributed by atoms with van der Waals surface area (Å²) in [6, 6.07) is 0. The minimum atomic E-state index is 0.508. The molecule has 20 heavy (non-hydrogen) atoms. The van der Waals surface area contributed by atoms with E-state index in [2.05, 4.69) is 54.9 Å². The Hall–Kier alpha value is -1.20. The van der Waals surface area contributed by atoms with Gasteiger partial charge in [-0.25, -0.2) is 0 Å². The molecule has 0 amide bonds. The molecule has 5 nitrogen and oxygen atoms in total. The molecule has 1 aromatic rings. The molecule has 0 spiro atoms. The van der Waals surface area contributed by atoms with Gasteiger partial charge >= 0.3 is 0 Å². The van der Waals surface area contributed by atoms with Gasteiger partial charge in [0.1, 0.15) is 0 Å². The van der Waals surface area contributed by atoms with Crippen LogP contribution >= 0.6 is 0 Å². The molecule has 0 saturated carbocycles. The maximum absolute atomic E-state index is 5.94. The number of hydrogen-bond donors (Lipinski definition) is 1. The van der Waals surface area contributed by atoms with Crippen molar-refractivity contribution in [2.45, 2.75) is 34.2 Å². The van der Waals surface area contributed by atoms with Gasteiger partial charge in [-0.2, -0.15) is 5.10 Å². The third kappa shape index (κ3) is 4.42. The lowest BCUT2D eigenvalue weighted by molar-refractivity contribution is 0.408. The summed E-state index contributed by atoms with van der Waals surface area (Å²) in [5.41, 5.74) is 9.19. The summed E-state index contributed by atoms with van der Waals surface area (Å²) in [5.74, 6) is 1.53. The van der Waals surface area contributed by atoms with Crippen LogP contribution in [0.4, 0.5) is 5.82 Å². The van der Waals surface area contributed by atoms with Gasteiger partial charge < -0.3 is 15.5 Å². The van der Waals surface area contributed by atoms with Crippen LogP contribution in [-0.4, -0.2) is 48.8 Å². The van der Waals surface area contributed by atoms with Crippen LogP contribution < -0.4 is 10.6 Å². The lowest BCUT2D eigenvalue weighted by Crippen LogP contribution is -2.36. The second-order valence-corrected chi connectivity index (χ2v) is 6.06. The molecule has 0 saturated heterocycles. The zero-order chi connectivity index (χ0) is 15.3. The van der Waals surface area contributed by atoms with Gasteiger partial charge in [-0.15, -0.1) is 5.10 Å². The highest BCUT2D eigenvalue weighted by Gasteiger charge is 2.17. The standard InChI is InChI=1S/C15H29N5/c1-11(2)10-20(8-7-19(5)6)15-14(9-16)12(3)13(4)17-18-15/h11H,7-10,16H2,1-6H3. The molecule has 114 valence electrons. The Labute approximate surface area is 123 Å². The maximum Gasteiger partial charge on any atom is 0.156 e. The van der Waals surface area contributed by atoms with E-state index in [4.69, 9.17) is 5.73 Å². The Kier molecular flexibility index (Phi) is 6.36. The quantitative estimate of drug-likeness (QED) is 0.821. The predicted molar refractivity (Wildman–Crippen MR) is 85.0 cm³/mol. The molecule has 0 atom stereocenters. The van der Waals surface area contributed by atoms with E-state index in [0.717, 1.165) is 42.3 Å². The van der Waals surface area contributed by atoms with E-state index >= 15 is 0 Å². The van der Waals surface area contributed by atoms with Gasteiger partial charge in [-0.05, 0) is 39.4 Å². The molecule has 2 N–H and O–H groups in total. The van der Waals surface area contributed by atoms with Crippen molar-refractivity contribution in [1.82, 2.24) is 15.1 Å². The van der Waals surface area contributed by atoms with Crippen molar-refractivity contribution in [3.63, 3.8) is 0 Å². The molecule has 1 heterocycles. The number of nitrogens with zero attached hydrogens (tertiary/aromatic N) is 4. The fraction of sp³-hybridized carbons (Fsp3) is 0.733. The minimum absolute atomic E-state index is 0.508. The van der Waals surface area contributed by atoms with Crippen molar-refractivity contribution >= 4 is 5.82 Å². The van der Waals surface area contributed by atoms with Crippen LogP contribution in [0.15, 0.2) is 0 Å². The third-order valence-corrected chi connectivity index (χ3v) is 3.47.